The number of nitrogens with zero attached hydrogens (tertiary/aromatic N) is 3. The predicted molar refractivity (Wildman–Crippen MR) is 49.5 cm³/mol. The van der Waals surface area contributed by atoms with E-state index in [1.54, 1.807) is 18.2 Å². The molecule has 4 nitrogen and oxygen atoms in total. The molecular weight excluding hydrogens is 202 g/mol. The standard InChI is InChI=1S/C9H4ClN3O/c10-8-2-6(4-11)1-7(3-8)9-12-5-13-14-9/h1-3,5H. The molecule has 0 saturated carbocycles. The van der Waals surface area contributed by atoms with Crippen LogP contribution in [0.5, 0.6) is 0 Å². The van der Waals surface area contributed by atoms with E-state index in [1.807, 2.05) is 6.07 Å². The van der Waals surface area contributed by atoms with Crippen molar-refractivity contribution in [3.05, 3.63) is 35.1 Å². The molecule has 0 aliphatic heterocycles. The van der Waals surface area contributed by atoms with Crippen LogP contribution in [-0.2, 0) is 0 Å². The van der Waals surface area contributed by atoms with Crippen LogP contribution in [0.3, 0.4) is 0 Å². The van der Waals surface area contributed by atoms with E-state index >= 15 is 0 Å². The Kier molecular flexibility index (Phi) is 2.17. The largest absolute Gasteiger partial charge is 0.334 e. The monoisotopic (exact) mass is 205 g/mol. The average molecular weight is 206 g/mol. The van der Waals surface area contributed by atoms with Gasteiger partial charge in [0.05, 0.1) is 11.6 Å². The minimum atomic E-state index is 0.351. The lowest BCUT2D eigenvalue weighted by atomic mass is 10.1. The van der Waals surface area contributed by atoms with Gasteiger partial charge in [-0.1, -0.05) is 16.8 Å². The summed E-state index contributed by atoms with van der Waals surface area (Å²) in [5.74, 6) is 0.351. The van der Waals surface area contributed by atoms with Gasteiger partial charge in [0.25, 0.3) is 5.89 Å². The Morgan fingerprint density at radius 2 is 2.21 bits per heavy atom. The molecule has 0 N–H and O–H groups in total. The van der Waals surface area contributed by atoms with Gasteiger partial charge in [0, 0.05) is 10.6 Å². The first-order valence-corrected chi connectivity index (χ1v) is 4.15. The Bertz CT molecular complexity index is 487. The van der Waals surface area contributed by atoms with Crippen molar-refractivity contribution in [1.29, 1.82) is 5.26 Å². The maximum absolute atomic E-state index is 8.71. The third kappa shape index (κ3) is 1.58. The van der Waals surface area contributed by atoms with Crippen molar-refractivity contribution in [3.63, 3.8) is 0 Å². The Morgan fingerprint density at radius 3 is 2.86 bits per heavy atom. The summed E-state index contributed by atoms with van der Waals surface area (Å²) in [5, 5.41) is 12.7. The second-order valence-corrected chi connectivity index (χ2v) is 3.02. The summed E-state index contributed by atoms with van der Waals surface area (Å²) in [6.45, 7) is 0. The zero-order chi connectivity index (χ0) is 9.97. The van der Waals surface area contributed by atoms with Gasteiger partial charge < -0.3 is 4.52 Å². The Hall–Kier alpha value is -1.86. The van der Waals surface area contributed by atoms with E-state index in [4.69, 9.17) is 21.4 Å². The number of hydrogen-bond donors (Lipinski definition) is 0. The van der Waals surface area contributed by atoms with Crippen molar-refractivity contribution in [1.82, 2.24) is 10.1 Å². The van der Waals surface area contributed by atoms with Crippen LogP contribution in [0.25, 0.3) is 11.5 Å². The summed E-state index contributed by atoms with van der Waals surface area (Å²) < 4.78 is 4.84. The molecule has 0 radical (unpaired) electrons. The molecule has 0 bridgehead atoms. The molecule has 1 aromatic carbocycles. The molecule has 0 unspecified atom stereocenters. The smallest absolute Gasteiger partial charge is 0.257 e. The third-order valence-corrected chi connectivity index (χ3v) is 1.85. The number of rotatable bonds is 1. The summed E-state index contributed by atoms with van der Waals surface area (Å²) in [4.78, 5) is 3.86. The van der Waals surface area contributed by atoms with Crippen LogP contribution in [0, 0.1) is 11.3 Å². The van der Waals surface area contributed by atoms with Crippen LogP contribution < -0.4 is 0 Å². The first-order valence-electron chi connectivity index (χ1n) is 3.77. The highest BCUT2D eigenvalue weighted by Gasteiger charge is 2.06. The lowest BCUT2D eigenvalue weighted by Crippen LogP contribution is -1.80. The zero-order valence-electron chi connectivity index (χ0n) is 6.94. The van der Waals surface area contributed by atoms with Gasteiger partial charge in [-0.25, -0.2) is 0 Å². The molecule has 14 heavy (non-hydrogen) atoms. The Morgan fingerprint density at radius 1 is 1.36 bits per heavy atom. The van der Waals surface area contributed by atoms with Gasteiger partial charge in [0.2, 0.25) is 0 Å². The summed E-state index contributed by atoms with van der Waals surface area (Å²) in [6, 6.07) is 6.87. The van der Waals surface area contributed by atoms with E-state index in [-0.39, 0.29) is 0 Å². The lowest BCUT2D eigenvalue weighted by Gasteiger charge is -1.96. The summed E-state index contributed by atoms with van der Waals surface area (Å²) in [7, 11) is 0. The molecular formula is C9H4ClN3O. The maximum Gasteiger partial charge on any atom is 0.257 e. The summed E-state index contributed by atoms with van der Waals surface area (Å²) in [6.07, 6.45) is 1.29. The first kappa shape index (κ1) is 8.73. The predicted octanol–water partition coefficient (Wildman–Crippen LogP) is 2.26. The number of hydrogen-bond acceptors (Lipinski definition) is 4. The highest BCUT2D eigenvalue weighted by molar-refractivity contribution is 6.31. The second kappa shape index (κ2) is 3.48. The fourth-order valence-corrected chi connectivity index (χ4v) is 1.31. The number of benzene rings is 1. The van der Waals surface area contributed by atoms with E-state index in [0.29, 0.717) is 22.0 Å². The lowest BCUT2D eigenvalue weighted by molar-refractivity contribution is 0.430. The zero-order valence-corrected chi connectivity index (χ0v) is 7.69. The molecule has 0 amide bonds. The number of nitriles is 1. The highest BCUT2D eigenvalue weighted by Crippen LogP contribution is 2.22. The van der Waals surface area contributed by atoms with Crippen molar-refractivity contribution in [2.45, 2.75) is 0 Å². The van der Waals surface area contributed by atoms with Gasteiger partial charge in [0.15, 0.2) is 6.33 Å². The molecule has 0 spiro atoms. The number of halogens is 1. The molecule has 5 heteroatoms. The topological polar surface area (TPSA) is 62.7 Å². The molecule has 1 heterocycles. The maximum atomic E-state index is 8.71. The second-order valence-electron chi connectivity index (χ2n) is 2.59. The van der Waals surface area contributed by atoms with Crippen LogP contribution in [0.2, 0.25) is 5.02 Å². The quantitative estimate of drug-likeness (QED) is 0.717. The molecule has 0 atom stereocenters. The van der Waals surface area contributed by atoms with Crippen LogP contribution in [-0.4, -0.2) is 10.1 Å². The molecule has 0 saturated heterocycles. The Labute approximate surface area is 84.7 Å². The number of aromatic nitrogens is 2. The molecule has 2 aromatic rings. The van der Waals surface area contributed by atoms with Crippen LogP contribution in [0.4, 0.5) is 0 Å². The molecule has 0 aliphatic carbocycles. The average Bonchev–Trinajstić information content (AvgIpc) is 2.69. The molecule has 2 rings (SSSR count). The third-order valence-electron chi connectivity index (χ3n) is 1.64. The van der Waals surface area contributed by atoms with Crippen LogP contribution >= 0.6 is 11.6 Å². The van der Waals surface area contributed by atoms with E-state index in [9.17, 15) is 0 Å². The van der Waals surface area contributed by atoms with Crippen LogP contribution in [0.1, 0.15) is 5.56 Å². The van der Waals surface area contributed by atoms with E-state index < -0.39 is 0 Å². The van der Waals surface area contributed by atoms with Crippen molar-refractivity contribution in [2.75, 3.05) is 0 Å². The SMILES string of the molecule is N#Cc1cc(Cl)cc(-c2ncno2)c1. The van der Waals surface area contributed by atoms with Gasteiger partial charge in [-0.2, -0.15) is 10.2 Å². The van der Waals surface area contributed by atoms with E-state index in [1.165, 1.54) is 6.33 Å². The molecule has 1 aromatic heterocycles. The summed E-state index contributed by atoms with van der Waals surface area (Å²) >= 11 is 5.80. The van der Waals surface area contributed by atoms with Crippen molar-refractivity contribution < 1.29 is 4.52 Å². The fraction of sp³-hybridized carbons (Fsp3) is 0. The van der Waals surface area contributed by atoms with E-state index in [2.05, 4.69) is 10.1 Å². The van der Waals surface area contributed by atoms with Crippen LogP contribution in [0.15, 0.2) is 29.0 Å². The van der Waals surface area contributed by atoms with Gasteiger partial charge in [-0.15, -0.1) is 0 Å². The van der Waals surface area contributed by atoms with E-state index in [0.717, 1.165) is 0 Å². The van der Waals surface area contributed by atoms with Crippen molar-refractivity contribution >= 4 is 11.6 Å². The van der Waals surface area contributed by atoms with Crippen molar-refractivity contribution in [2.24, 2.45) is 0 Å². The van der Waals surface area contributed by atoms with Gasteiger partial charge in [-0.3, -0.25) is 0 Å². The van der Waals surface area contributed by atoms with Gasteiger partial charge in [0.1, 0.15) is 0 Å². The minimum absolute atomic E-state index is 0.351. The first-order chi connectivity index (χ1) is 6.79. The fourth-order valence-electron chi connectivity index (χ4n) is 1.08. The highest BCUT2D eigenvalue weighted by atomic mass is 35.5. The van der Waals surface area contributed by atoms with Gasteiger partial charge in [-0.05, 0) is 18.2 Å². The van der Waals surface area contributed by atoms with Gasteiger partial charge >= 0.3 is 0 Å². The molecule has 68 valence electrons. The Balaban J connectivity index is 2.55. The summed E-state index contributed by atoms with van der Waals surface area (Å²) in [5.41, 5.74) is 1.11. The molecule has 0 fully saturated rings. The molecule has 0 aliphatic rings. The minimum Gasteiger partial charge on any atom is -0.334 e. The van der Waals surface area contributed by atoms with Crippen molar-refractivity contribution in [3.8, 4) is 17.5 Å². The normalized spacial score (nSPS) is 9.71.